The van der Waals surface area contributed by atoms with Crippen LogP contribution in [0.2, 0.25) is 0 Å². The lowest BCUT2D eigenvalue weighted by atomic mass is 9.92. The monoisotopic (exact) mass is 637 g/mol. The van der Waals surface area contributed by atoms with Crippen LogP contribution in [0.1, 0.15) is 27.8 Å². The molecule has 0 saturated carbocycles. The number of hydrogen-bond donors (Lipinski definition) is 2. The van der Waals surface area contributed by atoms with E-state index in [1.807, 2.05) is 54.6 Å². The molecule has 0 bridgehead atoms. The molecule has 5 aromatic rings. The Balaban J connectivity index is 1.41. The molecule has 0 saturated heterocycles. The molecule has 0 spiro atoms. The topological polar surface area (TPSA) is 112 Å². The van der Waals surface area contributed by atoms with Crippen molar-refractivity contribution in [3.05, 3.63) is 149 Å². The number of hydrogen-bond acceptors (Lipinski definition) is 5. The van der Waals surface area contributed by atoms with Crippen LogP contribution in [0.15, 0.2) is 131 Å². The molecule has 6 rings (SSSR count). The fourth-order valence-corrected chi connectivity index (χ4v) is 7.50. The number of aryl methyl sites for hydroxylation is 2. The second kappa shape index (κ2) is 12.5. The molecule has 0 unspecified atom stereocenters. The van der Waals surface area contributed by atoms with E-state index < -0.39 is 20.2 Å². The maximum absolute atomic E-state index is 12.1. The van der Waals surface area contributed by atoms with Crippen molar-refractivity contribution in [2.45, 2.75) is 29.1 Å². The molecule has 0 aliphatic carbocycles. The van der Waals surface area contributed by atoms with Crippen LogP contribution in [-0.2, 0) is 39.5 Å². The lowest BCUT2D eigenvalue weighted by molar-refractivity contribution is 0.479. The van der Waals surface area contributed by atoms with Crippen molar-refractivity contribution in [2.24, 2.45) is 0 Å². The maximum Gasteiger partial charge on any atom is 0.294 e. The van der Waals surface area contributed by atoms with E-state index in [0.29, 0.717) is 36.9 Å². The Morgan fingerprint density at radius 2 is 1.20 bits per heavy atom. The van der Waals surface area contributed by atoms with E-state index in [0.717, 1.165) is 38.8 Å². The van der Waals surface area contributed by atoms with Gasteiger partial charge in [0, 0.05) is 17.9 Å². The highest BCUT2D eigenvalue weighted by Crippen LogP contribution is 2.34. The average Bonchev–Trinajstić information content (AvgIpc) is 3.03. The van der Waals surface area contributed by atoms with Crippen LogP contribution in [0.25, 0.3) is 22.9 Å². The molecule has 0 aromatic heterocycles. The van der Waals surface area contributed by atoms with Crippen molar-refractivity contribution < 1.29 is 25.9 Å². The van der Waals surface area contributed by atoms with Gasteiger partial charge in [-0.2, -0.15) is 16.8 Å². The molecule has 9 heteroatoms. The van der Waals surface area contributed by atoms with Gasteiger partial charge >= 0.3 is 0 Å². The summed E-state index contributed by atoms with van der Waals surface area (Å²) in [6.07, 6.45) is 7.46. The minimum Gasteiger partial charge on any atom is -0.341 e. The highest BCUT2D eigenvalue weighted by atomic mass is 32.2. The average molecular weight is 638 g/mol. The van der Waals surface area contributed by atoms with E-state index in [2.05, 4.69) is 29.2 Å². The minimum absolute atomic E-state index is 0.0895. The first-order valence-electron chi connectivity index (χ1n) is 14.5. The molecule has 45 heavy (non-hydrogen) atoms. The van der Waals surface area contributed by atoms with E-state index in [9.17, 15) is 25.9 Å². The normalized spacial score (nSPS) is 14.2. The quantitative estimate of drug-likeness (QED) is 0.164. The Bertz CT molecular complexity index is 2190. The number of fused-ring (bicyclic) bond motifs is 2. The van der Waals surface area contributed by atoms with Crippen LogP contribution in [0.5, 0.6) is 0 Å². The number of nitrogens with zero attached hydrogens (tertiary/aromatic N) is 1. The van der Waals surface area contributed by atoms with Gasteiger partial charge in [-0.25, -0.2) is 0 Å². The third kappa shape index (κ3) is 6.62. The highest BCUT2D eigenvalue weighted by Gasteiger charge is 2.21. The highest BCUT2D eigenvalue weighted by molar-refractivity contribution is 7.86. The van der Waals surface area contributed by atoms with Crippen LogP contribution < -0.4 is 4.90 Å². The number of allylic oxidation sites excluding steroid dienone is 1. The van der Waals surface area contributed by atoms with E-state index in [1.54, 1.807) is 36.4 Å². The van der Waals surface area contributed by atoms with Gasteiger partial charge in [-0.1, -0.05) is 97.1 Å². The largest absolute Gasteiger partial charge is 0.341 e. The zero-order valence-corrected chi connectivity index (χ0v) is 25.9. The molecule has 1 aliphatic heterocycles. The Kier molecular flexibility index (Phi) is 8.44. The summed E-state index contributed by atoms with van der Waals surface area (Å²) in [7, 11) is -8.75. The van der Waals surface area contributed by atoms with Gasteiger partial charge in [-0.3, -0.25) is 9.11 Å². The summed E-state index contributed by atoms with van der Waals surface area (Å²) >= 11 is 0. The van der Waals surface area contributed by atoms with Crippen molar-refractivity contribution >= 4 is 48.8 Å². The molecule has 0 fully saturated rings. The molecule has 228 valence electrons. The van der Waals surface area contributed by atoms with E-state index in [4.69, 9.17) is 0 Å². The SMILES string of the molecule is O=S(=O)(O)c1ccccc1CCc1c(C=C2C=Cc3ccccc3N2CCc2ccccc2S(=O)(=O)O)ccc2ccccc12. The summed E-state index contributed by atoms with van der Waals surface area (Å²) in [4.78, 5) is 1.95. The van der Waals surface area contributed by atoms with Gasteiger partial charge in [-0.05, 0) is 88.2 Å². The van der Waals surface area contributed by atoms with E-state index in [1.165, 1.54) is 12.1 Å². The van der Waals surface area contributed by atoms with Crippen LogP contribution in [0.3, 0.4) is 0 Å². The first-order valence-corrected chi connectivity index (χ1v) is 17.4. The summed E-state index contributed by atoms with van der Waals surface area (Å²) in [5.41, 5.74) is 5.95. The predicted octanol–water partition coefficient (Wildman–Crippen LogP) is 7.24. The van der Waals surface area contributed by atoms with Crippen molar-refractivity contribution in [3.63, 3.8) is 0 Å². The van der Waals surface area contributed by atoms with Crippen LogP contribution >= 0.6 is 0 Å². The van der Waals surface area contributed by atoms with Gasteiger partial charge in [-0.15, -0.1) is 0 Å². The predicted molar refractivity (Wildman–Crippen MR) is 178 cm³/mol. The Hall–Kier alpha value is -4.54. The lowest BCUT2D eigenvalue weighted by Crippen LogP contribution is -2.27. The molecule has 5 aromatic carbocycles. The maximum atomic E-state index is 12.1. The zero-order chi connectivity index (χ0) is 31.6. The molecular formula is C36H31NO6S2. The first kappa shape index (κ1) is 30.5. The van der Waals surface area contributed by atoms with Crippen molar-refractivity contribution in [1.29, 1.82) is 0 Å². The van der Waals surface area contributed by atoms with Gasteiger partial charge in [0.15, 0.2) is 0 Å². The smallest absolute Gasteiger partial charge is 0.294 e. The summed E-state index contributed by atoms with van der Waals surface area (Å²) < 4.78 is 67.9. The molecule has 2 N–H and O–H groups in total. The molecular weight excluding hydrogens is 607 g/mol. The molecule has 0 amide bonds. The van der Waals surface area contributed by atoms with Gasteiger partial charge in [0.25, 0.3) is 20.2 Å². The third-order valence-electron chi connectivity index (χ3n) is 8.10. The lowest BCUT2D eigenvalue weighted by Gasteiger charge is -2.31. The second-order valence-electron chi connectivity index (χ2n) is 10.9. The van der Waals surface area contributed by atoms with Crippen molar-refractivity contribution in [2.75, 3.05) is 11.4 Å². The summed E-state index contributed by atoms with van der Waals surface area (Å²) in [5, 5.41) is 2.10. The Labute approximate surface area is 263 Å². The van der Waals surface area contributed by atoms with Crippen molar-refractivity contribution in [1.82, 2.24) is 0 Å². The number of anilines is 1. The van der Waals surface area contributed by atoms with Gasteiger partial charge in [0.05, 0.1) is 9.79 Å². The Morgan fingerprint density at radius 3 is 1.91 bits per heavy atom. The second-order valence-corrected chi connectivity index (χ2v) is 13.7. The van der Waals surface area contributed by atoms with Crippen LogP contribution in [-0.4, -0.2) is 32.5 Å². The van der Waals surface area contributed by atoms with Gasteiger partial charge in [0.1, 0.15) is 0 Å². The van der Waals surface area contributed by atoms with Crippen LogP contribution in [0, 0.1) is 0 Å². The molecule has 7 nitrogen and oxygen atoms in total. The standard InChI is InChI=1S/C36H31NO6S2/c38-44(39,40)35-15-7-3-11-28(35)20-22-33-30(18-17-26-9-1-5-13-32(26)33)25-31-21-19-27-10-2-6-14-34(27)37(31)24-23-29-12-4-8-16-36(29)45(41,42)43/h1-19,21,25H,20,22-24H2,(H,38,39,40)(H,41,42,43). The zero-order valence-electron chi connectivity index (χ0n) is 24.2. The fourth-order valence-electron chi connectivity index (χ4n) is 6.00. The molecule has 0 radical (unpaired) electrons. The fraction of sp³-hybridized carbons (Fsp3) is 0.111. The molecule has 1 heterocycles. The van der Waals surface area contributed by atoms with E-state index >= 15 is 0 Å². The number of rotatable bonds is 9. The Morgan fingerprint density at radius 1 is 0.600 bits per heavy atom. The van der Waals surface area contributed by atoms with Gasteiger partial charge < -0.3 is 4.90 Å². The first-order chi connectivity index (χ1) is 21.6. The third-order valence-corrected chi connectivity index (χ3v) is 10.0. The minimum atomic E-state index is -4.38. The number of benzene rings is 5. The molecule has 1 aliphatic rings. The summed E-state index contributed by atoms with van der Waals surface area (Å²) in [6.45, 7) is 0.449. The molecule has 0 atom stereocenters. The van der Waals surface area contributed by atoms with Crippen molar-refractivity contribution in [3.8, 4) is 0 Å². The van der Waals surface area contributed by atoms with Crippen LogP contribution in [0.4, 0.5) is 5.69 Å². The van der Waals surface area contributed by atoms with E-state index in [-0.39, 0.29) is 9.79 Å². The van der Waals surface area contributed by atoms with Gasteiger partial charge in [0.2, 0.25) is 0 Å². The number of para-hydroxylation sites is 1. The summed E-state index contributed by atoms with van der Waals surface area (Å²) in [5.74, 6) is 0. The summed E-state index contributed by atoms with van der Waals surface area (Å²) in [6, 6.07) is 33.1.